The van der Waals surface area contributed by atoms with Crippen LogP contribution in [0.25, 0.3) is 0 Å². The quantitative estimate of drug-likeness (QED) is 0.617. The Bertz CT molecular complexity index is 653. The van der Waals surface area contributed by atoms with Crippen molar-refractivity contribution in [3.63, 3.8) is 0 Å². The predicted molar refractivity (Wildman–Crippen MR) is 75.2 cm³/mol. The molecule has 0 aliphatic rings. The molecule has 0 aliphatic heterocycles. The maximum Gasteiger partial charge on any atom is 0.330 e. The second kappa shape index (κ2) is 6.04. The molecule has 8 heteroatoms. The molecule has 0 aliphatic carbocycles. The second-order valence-corrected chi connectivity index (χ2v) is 4.48. The summed E-state index contributed by atoms with van der Waals surface area (Å²) in [5.41, 5.74) is 0.436. The third-order valence-corrected chi connectivity index (χ3v) is 2.98. The summed E-state index contributed by atoms with van der Waals surface area (Å²) >= 11 is 0. The number of carboxylic acid groups (broad SMARTS) is 1. The molecule has 2 aromatic rings. The molecule has 1 aromatic carbocycles. The third kappa shape index (κ3) is 3.35. The van der Waals surface area contributed by atoms with E-state index in [1.54, 1.807) is 37.4 Å². The van der Waals surface area contributed by atoms with Gasteiger partial charge in [0.05, 0.1) is 10.8 Å². The number of hydrogen-bond acceptors (Lipinski definition) is 5. The van der Waals surface area contributed by atoms with Gasteiger partial charge in [0.25, 0.3) is 0 Å². The zero-order valence-corrected chi connectivity index (χ0v) is 11.3. The van der Waals surface area contributed by atoms with E-state index in [0.29, 0.717) is 5.56 Å². The van der Waals surface area contributed by atoms with Crippen molar-refractivity contribution in [2.24, 2.45) is 7.05 Å². The van der Waals surface area contributed by atoms with Gasteiger partial charge in [-0.2, -0.15) is 0 Å². The number of carboxylic acids is 1. The molecule has 0 spiro atoms. The molecule has 2 rings (SSSR count). The SMILES string of the molecule is Cn1cc([N+](=O)[O-])c(NCC(C(=O)O)c2ccccc2)n1. The van der Waals surface area contributed by atoms with Crippen LogP contribution >= 0.6 is 0 Å². The minimum Gasteiger partial charge on any atom is -0.481 e. The monoisotopic (exact) mass is 290 g/mol. The number of hydrogen-bond donors (Lipinski definition) is 2. The summed E-state index contributed by atoms with van der Waals surface area (Å²) < 4.78 is 1.30. The molecule has 0 fully saturated rings. The molecule has 0 saturated carbocycles. The first-order chi connectivity index (χ1) is 9.99. The number of aryl methyl sites for hydroxylation is 1. The van der Waals surface area contributed by atoms with Crippen molar-refractivity contribution in [2.45, 2.75) is 5.92 Å². The van der Waals surface area contributed by atoms with E-state index in [9.17, 15) is 20.0 Å². The zero-order chi connectivity index (χ0) is 15.4. The summed E-state index contributed by atoms with van der Waals surface area (Å²) in [4.78, 5) is 21.7. The molecule has 21 heavy (non-hydrogen) atoms. The standard InChI is InChI=1S/C13H14N4O4/c1-16-8-11(17(20)21)12(15-16)14-7-10(13(18)19)9-5-3-2-4-6-9/h2-6,8,10H,7H2,1H3,(H,14,15)(H,18,19). The molecule has 0 radical (unpaired) electrons. The lowest BCUT2D eigenvalue weighted by Gasteiger charge is -2.13. The van der Waals surface area contributed by atoms with E-state index >= 15 is 0 Å². The van der Waals surface area contributed by atoms with E-state index in [4.69, 9.17) is 0 Å². The van der Waals surface area contributed by atoms with Crippen LogP contribution in [0.1, 0.15) is 11.5 Å². The number of anilines is 1. The Morgan fingerprint density at radius 3 is 2.71 bits per heavy atom. The summed E-state index contributed by atoms with van der Waals surface area (Å²) in [6.07, 6.45) is 1.26. The molecule has 0 saturated heterocycles. The number of carbonyl (C=O) groups is 1. The van der Waals surface area contributed by atoms with Crippen LogP contribution in [0, 0.1) is 10.1 Å². The van der Waals surface area contributed by atoms with Gasteiger partial charge in [-0.25, -0.2) is 0 Å². The summed E-state index contributed by atoms with van der Waals surface area (Å²) in [6.45, 7) is 0.0111. The largest absolute Gasteiger partial charge is 0.481 e. The minimum absolute atomic E-state index is 0.0111. The van der Waals surface area contributed by atoms with Gasteiger partial charge in [0.15, 0.2) is 0 Å². The average Bonchev–Trinajstić information content (AvgIpc) is 2.81. The van der Waals surface area contributed by atoms with E-state index in [2.05, 4.69) is 10.4 Å². The lowest BCUT2D eigenvalue weighted by Crippen LogP contribution is -2.21. The maximum absolute atomic E-state index is 11.3. The molecule has 1 heterocycles. The Morgan fingerprint density at radius 1 is 1.48 bits per heavy atom. The number of nitro groups is 1. The van der Waals surface area contributed by atoms with Crippen LogP contribution in [-0.4, -0.2) is 32.3 Å². The molecule has 1 unspecified atom stereocenters. The van der Waals surface area contributed by atoms with Crippen LogP contribution in [0.15, 0.2) is 36.5 Å². The Morgan fingerprint density at radius 2 is 2.14 bits per heavy atom. The number of nitrogens with zero attached hydrogens (tertiary/aromatic N) is 3. The van der Waals surface area contributed by atoms with Gasteiger partial charge in [-0.15, -0.1) is 5.10 Å². The fraction of sp³-hybridized carbons (Fsp3) is 0.231. The summed E-state index contributed by atoms with van der Waals surface area (Å²) in [6, 6.07) is 8.68. The normalized spacial score (nSPS) is 11.9. The first-order valence-electron chi connectivity index (χ1n) is 6.18. The predicted octanol–water partition coefficient (Wildman–Crippen LogP) is 1.61. The number of aliphatic carboxylic acids is 1. The van der Waals surface area contributed by atoms with Crippen LogP contribution in [0.3, 0.4) is 0 Å². The topological polar surface area (TPSA) is 110 Å². The highest BCUT2D eigenvalue weighted by Crippen LogP contribution is 2.23. The molecule has 8 nitrogen and oxygen atoms in total. The van der Waals surface area contributed by atoms with Crippen molar-refractivity contribution < 1.29 is 14.8 Å². The van der Waals surface area contributed by atoms with Crippen molar-refractivity contribution in [2.75, 3.05) is 11.9 Å². The third-order valence-electron chi connectivity index (χ3n) is 2.98. The van der Waals surface area contributed by atoms with Crippen LogP contribution < -0.4 is 5.32 Å². The smallest absolute Gasteiger partial charge is 0.330 e. The highest BCUT2D eigenvalue weighted by atomic mass is 16.6. The van der Waals surface area contributed by atoms with Gasteiger partial charge >= 0.3 is 11.7 Å². The van der Waals surface area contributed by atoms with E-state index in [1.807, 2.05) is 0 Å². The van der Waals surface area contributed by atoms with E-state index in [1.165, 1.54) is 10.9 Å². The first-order valence-corrected chi connectivity index (χ1v) is 6.18. The van der Waals surface area contributed by atoms with Crippen molar-refractivity contribution in [3.05, 3.63) is 52.2 Å². The highest BCUT2D eigenvalue weighted by Gasteiger charge is 2.23. The lowest BCUT2D eigenvalue weighted by molar-refractivity contribution is -0.384. The van der Waals surface area contributed by atoms with E-state index in [-0.39, 0.29) is 18.1 Å². The lowest BCUT2D eigenvalue weighted by atomic mass is 9.99. The summed E-state index contributed by atoms with van der Waals surface area (Å²) in [7, 11) is 1.56. The van der Waals surface area contributed by atoms with Crippen LogP contribution in [0.4, 0.5) is 11.5 Å². The highest BCUT2D eigenvalue weighted by molar-refractivity contribution is 5.77. The van der Waals surface area contributed by atoms with Crippen molar-refractivity contribution in [1.29, 1.82) is 0 Å². The Kier molecular flexibility index (Phi) is 4.17. The molecule has 0 amide bonds. The molecular formula is C13H14N4O4. The zero-order valence-electron chi connectivity index (χ0n) is 11.3. The number of aromatic nitrogens is 2. The van der Waals surface area contributed by atoms with E-state index in [0.717, 1.165) is 0 Å². The van der Waals surface area contributed by atoms with Gasteiger partial charge in [0.2, 0.25) is 5.82 Å². The molecule has 1 aromatic heterocycles. The minimum atomic E-state index is -1.01. The van der Waals surface area contributed by atoms with Crippen LogP contribution in [-0.2, 0) is 11.8 Å². The van der Waals surface area contributed by atoms with E-state index < -0.39 is 16.8 Å². The number of benzene rings is 1. The van der Waals surface area contributed by atoms with Crippen molar-refractivity contribution in [3.8, 4) is 0 Å². The fourth-order valence-corrected chi connectivity index (χ4v) is 1.97. The van der Waals surface area contributed by atoms with Crippen molar-refractivity contribution in [1.82, 2.24) is 9.78 Å². The molecule has 110 valence electrons. The second-order valence-electron chi connectivity index (χ2n) is 4.48. The Labute approximate surface area is 120 Å². The van der Waals surface area contributed by atoms with Crippen LogP contribution in [0.5, 0.6) is 0 Å². The van der Waals surface area contributed by atoms with Gasteiger partial charge in [0, 0.05) is 13.6 Å². The first kappa shape index (κ1) is 14.5. The average molecular weight is 290 g/mol. The molecule has 2 N–H and O–H groups in total. The van der Waals surface area contributed by atoms with Crippen molar-refractivity contribution >= 4 is 17.5 Å². The Balaban J connectivity index is 2.17. The Hall–Kier alpha value is -2.90. The molecular weight excluding hydrogens is 276 g/mol. The van der Waals surface area contributed by atoms with Gasteiger partial charge in [-0.05, 0) is 5.56 Å². The van der Waals surface area contributed by atoms with Gasteiger partial charge < -0.3 is 10.4 Å². The fourth-order valence-electron chi connectivity index (χ4n) is 1.97. The summed E-state index contributed by atoms with van der Waals surface area (Å²) in [5, 5.41) is 26.8. The number of nitrogens with one attached hydrogen (secondary N) is 1. The van der Waals surface area contributed by atoms with Gasteiger partial charge in [-0.3, -0.25) is 19.6 Å². The maximum atomic E-state index is 11.3. The number of rotatable bonds is 6. The van der Waals surface area contributed by atoms with Crippen LogP contribution in [0.2, 0.25) is 0 Å². The summed E-state index contributed by atoms with van der Waals surface area (Å²) in [5.74, 6) is -1.76. The van der Waals surface area contributed by atoms with Gasteiger partial charge in [0.1, 0.15) is 6.20 Å². The van der Waals surface area contributed by atoms with Gasteiger partial charge in [-0.1, -0.05) is 30.3 Å². The molecule has 1 atom stereocenters. The molecule has 0 bridgehead atoms.